The highest BCUT2D eigenvalue weighted by molar-refractivity contribution is 7.21. The van der Waals surface area contributed by atoms with Gasteiger partial charge in [0.05, 0.1) is 17.4 Å². The first-order valence-electron chi connectivity index (χ1n) is 7.96. The van der Waals surface area contributed by atoms with Crippen molar-refractivity contribution in [1.82, 2.24) is 10.3 Å². The Kier molecular flexibility index (Phi) is 5.07. The zero-order valence-corrected chi connectivity index (χ0v) is 15.0. The summed E-state index contributed by atoms with van der Waals surface area (Å²) in [6.07, 6.45) is -5.56. The van der Waals surface area contributed by atoms with Crippen molar-refractivity contribution in [2.24, 2.45) is 0 Å². The van der Waals surface area contributed by atoms with Crippen molar-refractivity contribution in [3.63, 3.8) is 0 Å². The van der Waals surface area contributed by atoms with E-state index in [0.29, 0.717) is 5.56 Å². The van der Waals surface area contributed by atoms with Gasteiger partial charge in [0.1, 0.15) is 9.71 Å². The maximum atomic E-state index is 13.3. The van der Waals surface area contributed by atoms with Gasteiger partial charge in [0.25, 0.3) is 5.91 Å². The van der Waals surface area contributed by atoms with E-state index in [4.69, 9.17) is 5.73 Å². The standard InChI is InChI=1S/C18H16F3N3O2S/c1-9-7-11(18(19,20)21)13-14(22)15(27-17(13)24-9)16(26)23-8-12(25)10-5-3-2-4-6-10/h2-7,12,25H,8,22H2,1H3,(H,23,26)/t12-/m1/s1. The molecule has 0 aliphatic carbocycles. The first-order chi connectivity index (χ1) is 12.7. The van der Waals surface area contributed by atoms with Crippen molar-refractivity contribution in [3.8, 4) is 0 Å². The third-order valence-electron chi connectivity index (χ3n) is 3.98. The number of halogens is 3. The number of carbonyl (C=O) groups excluding carboxylic acids is 1. The van der Waals surface area contributed by atoms with Crippen molar-refractivity contribution in [2.75, 3.05) is 12.3 Å². The van der Waals surface area contributed by atoms with Crippen LogP contribution < -0.4 is 11.1 Å². The third kappa shape index (κ3) is 3.88. The van der Waals surface area contributed by atoms with Crippen LogP contribution >= 0.6 is 11.3 Å². The summed E-state index contributed by atoms with van der Waals surface area (Å²) in [6.45, 7) is 1.34. The number of fused-ring (bicyclic) bond motifs is 1. The average molecular weight is 395 g/mol. The van der Waals surface area contributed by atoms with Gasteiger partial charge < -0.3 is 16.2 Å². The lowest BCUT2D eigenvalue weighted by atomic mass is 10.1. The molecule has 2 aromatic heterocycles. The predicted molar refractivity (Wildman–Crippen MR) is 97.5 cm³/mol. The Labute approximate surface area is 156 Å². The lowest BCUT2D eigenvalue weighted by Gasteiger charge is -2.12. The topological polar surface area (TPSA) is 88.2 Å². The minimum absolute atomic E-state index is 0.0496. The number of nitrogens with one attached hydrogen (secondary N) is 1. The molecule has 3 rings (SSSR count). The molecule has 1 aromatic carbocycles. The molecular formula is C18H16F3N3O2S. The van der Waals surface area contributed by atoms with E-state index in [2.05, 4.69) is 10.3 Å². The number of thiophene rings is 1. The molecule has 0 aliphatic rings. The quantitative estimate of drug-likeness (QED) is 0.629. The van der Waals surface area contributed by atoms with Crippen molar-refractivity contribution in [3.05, 3.63) is 58.1 Å². The molecule has 9 heteroatoms. The number of aliphatic hydroxyl groups is 1. The number of anilines is 1. The fourth-order valence-corrected chi connectivity index (χ4v) is 3.78. The van der Waals surface area contributed by atoms with Crippen LogP contribution in [-0.4, -0.2) is 22.5 Å². The van der Waals surface area contributed by atoms with Crippen LogP contribution in [0, 0.1) is 6.92 Å². The van der Waals surface area contributed by atoms with E-state index in [0.717, 1.165) is 17.4 Å². The zero-order chi connectivity index (χ0) is 19.8. The van der Waals surface area contributed by atoms with Crippen LogP contribution in [0.3, 0.4) is 0 Å². The molecule has 4 N–H and O–H groups in total. The summed E-state index contributed by atoms with van der Waals surface area (Å²) in [5.41, 5.74) is 5.47. The number of aliphatic hydroxyl groups excluding tert-OH is 1. The molecule has 3 aromatic rings. The lowest BCUT2D eigenvalue weighted by Crippen LogP contribution is -2.28. The lowest BCUT2D eigenvalue weighted by molar-refractivity contribution is -0.136. The second-order valence-electron chi connectivity index (χ2n) is 5.97. The van der Waals surface area contributed by atoms with Crippen molar-refractivity contribution >= 4 is 33.1 Å². The molecule has 142 valence electrons. The van der Waals surface area contributed by atoms with Gasteiger partial charge in [-0.15, -0.1) is 11.3 Å². The van der Waals surface area contributed by atoms with Gasteiger partial charge in [-0.3, -0.25) is 4.79 Å². The number of hydrogen-bond acceptors (Lipinski definition) is 5. The van der Waals surface area contributed by atoms with E-state index in [9.17, 15) is 23.1 Å². The SMILES string of the molecule is Cc1cc(C(F)(F)F)c2c(N)c(C(=O)NC[C@@H](O)c3ccccc3)sc2n1. The monoisotopic (exact) mass is 395 g/mol. The van der Waals surface area contributed by atoms with Crippen molar-refractivity contribution in [2.45, 2.75) is 19.2 Å². The fraction of sp³-hybridized carbons (Fsp3) is 0.222. The largest absolute Gasteiger partial charge is 0.417 e. The number of carbonyl (C=O) groups is 1. The number of aryl methyl sites for hydroxylation is 1. The molecule has 0 saturated heterocycles. The maximum Gasteiger partial charge on any atom is 0.417 e. The summed E-state index contributed by atoms with van der Waals surface area (Å²) in [5, 5.41) is 12.3. The molecule has 0 radical (unpaired) electrons. The summed E-state index contributed by atoms with van der Waals surface area (Å²) in [7, 11) is 0. The minimum Gasteiger partial charge on any atom is -0.397 e. The van der Waals surface area contributed by atoms with E-state index in [-0.39, 0.29) is 33.0 Å². The highest BCUT2D eigenvalue weighted by Gasteiger charge is 2.35. The Morgan fingerprint density at radius 1 is 1.33 bits per heavy atom. The summed E-state index contributed by atoms with van der Waals surface area (Å²) < 4.78 is 40.0. The smallest absolute Gasteiger partial charge is 0.397 e. The first-order valence-corrected chi connectivity index (χ1v) is 8.78. The van der Waals surface area contributed by atoms with Gasteiger partial charge in [0.15, 0.2) is 0 Å². The molecule has 5 nitrogen and oxygen atoms in total. The molecule has 1 atom stereocenters. The number of alkyl halides is 3. The van der Waals surface area contributed by atoms with Crippen LogP contribution in [0.1, 0.15) is 32.6 Å². The Bertz CT molecular complexity index is 987. The number of rotatable bonds is 4. The highest BCUT2D eigenvalue weighted by Crippen LogP contribution is 2.42. The number of aromatic nitrogens is 1. The first kappa shape index (κ1) is 19.1. The Balaban J connectivity index is 1.88. The summed E-state index contributed by atoms with van der Waals surface area (Å²) >= 11 is 0.794. The molecule has 0 aliphatic heterocycles. The van der Waals surface area contributed by atoms with E-state index in [1.165, 1.54) is 6.92 Å². The van der Waals surface area contributed by atoms with E-state index < -0.39 is 23.8 Å². The average Bonchev–Trinajstić information content (AvgIpc) is 2.95. The zero-order valence-electron chi connectivity index (χ0n) is 14.2. The second kappa shape index (κ2) is 7.16. The molecule has 1 amide bonds. The summed E-state index contributed by atoms with van der Waals surface area (Å²) in [6, 6.07) is 9.60. The number of nitrogens with two attached hydrogens (primary N) is 1. The van der Waals surface area contributed by atoms with Gasteiger partial charge in [-0.05, 0) is 18.6 Å². The molecule has 0 spiro atoms. The normalized spacial score (nSPS) is 12.9. The maximum absolute atomic E-state index is 13.3. The number of amides is 1. The number of pyridine rings is 1. The molecule has 0 bridgehead atoms. The van der Waals surface area contributed by atoms with Gasteiger partial charge in [-0.25, -0.2) is 4.98 Å². The molecule has 0 saturated carbocycles. The van der Waals surface area contributed by atoms with Crippen LogP contribution in [0.4, 0.5) is 18.9 Å². The Morgan fingerprint density at radius 2 is 2.00 bits per heavy atom. The van der Waals surface area contributed by atoms with Crippen molar-refractivity contribution in [1.29, 1.82) is 0 Å². The number of benzene rings is 1. The van der Waals surface area contributed by atoms with Gasteiger partial charge in [0, 0.05) is 17.6 Å². The van der Waals surface area contributed by atoms with Gasteiger partial charge in [0.2, 0.25) is 0 Å². The van der Waals surface area contributed by atoms with Gasteiger partial charge in [-0.1, -0.05) is 30.3 Å². The third-order valence-corrected chi connectivity index (χ3v) is 5.08. The van der Waals surface area contributed by atoms with E-state index in [1.807, 2.05) is 0 Å². The van der Waals surface area contributed by atoms with Crippen LogP contribution in [0.5, 0.6) is 0 Å². The Morgan fingerprint density at radius 3 is 2.63 bits per heavy atom. The molecule has 27 heavy (non-hydrogen) atoms. The van der Waals surface area contributed by atoms with E-state index in [1.54, 1.807) is 30.3 Å². The Hall–Kier alpha value is -2.65. The molecular weight excluding hydrogens is 379 g/mol. The van der Waals surface area contributed by atoms with Gasteiger partial charge >= 0.3 is 6.18 Å². The molecule has 0 fully saturated rings. The van der Waals surface area contributed by atoms with Crippen LogP contribution in [0.2, 0.25) is 0 Å². The predicted octanol–water partition coefficient (Wildman–Crippen LogP) is 3.67. The second-order valence-corrected chi connectivity index (χ2v) is 6.97. The number of hydrogen-bond donors (Lipinski definition) is 3. The highest BCUT2D eigenvalue weighted by atomic mass is 32.1. The fourth-order valence-electron chi connectivity index (χ4n) is 2.70. The van der Waals surface area contributed by atoms with E-state index >= 15 is 0 Å². The molecule has 0 unspecified atom stereocenters. The summed E-state index contributed by atoms with van der Waals surface area (Å²) in [4.78, 5) is 16.5. The van der Waals surface area contributed by atoms with Gasteiger partial charge in [-0.2, -0.15) is 13.2 Å². The summed E-state index contributed by atoms with van der Waals surface area (Å²) in [5.74, 6) is -0.656. The minimum atomic E-state index is -4.61. The van der Waals surface area contributed by atoms with Crippen LogP contribution in [0.15, 0.2) is 36.4 Å². The van der Waals surface area contributed by atoms with Crippen LogP contribution in [-0.2, 0) is 6.18 Å². The molecule has 2 heterocycles. The number of nitrogen functional groups attached to an aromatic ring is 1. The van der Waals surface area contributed by atoms with Crippen LogP contribution in [0.25, 0.3) is 10.2 Å². The van der Waals surface area contributed by atoms with Crippen molar-refractivity contribution < 1.29 is 23.1 Å². The number of nitrogens with zero attached hydrogens (tertiary/aromatic N) is 1.